The molecule has 0 radical (unpaired) electrons. The van der Waals surface area contributed by atoms with E-state index in [1.165, 1.54) is 5.56 Å². The van der Waals surface area contributed by atoms with Crippen LogP contribution in [-0.4, -0.2) is 43.3 Å². The van der Waals surface area contributed by atoms with Crippen LogP contribution in [0.15, 0.2) is 42.5 Å². The molecule has 2 aliphatic heterocycles. The van der Waals surface area contributed by atoms with Crippen molar-refractivity contribution in [3.8, 4) is 11.5 Å². The van der Waals surface area contributed by atoms with Gasteiger partial charge in [0.05, 0.1) is 19.8 Å². The average molecular weight is 325 g/mol. The lowest BCUT2D eigenvalue weighted by molar-refractivity contribution is 0.0342. The Hall–Kier alpha value is -1.86. The fourth-order valence-electron chi connectivity index (χ4n) is 3.12. The fraction of sp³-hybridized carbons (Fsp3) is 0.333. The van der Waals surface area contributed by atoms with Gasteiger partial charge < -0.3 is 19.2 Å². The van der Waals surface area contributed by atoms with Crippen LogP contribution in [0.2, 0.25) is 0 Å². The zero-order valence-electron chi connectivity index (χ0n) is 13.5. The van der Waals surface area contributed by atoms with Crippen LogP contribution in [0, 0.1) is 0 Å². The van der Waals surface area contributed by atoms with Crippen molar-refractivity contribution >= 4 is 12.6 Å². The number of fused-ring (bicyclic) bond motifs is 1. The topological polar surface area (TPSA) is 51.2 Å². The van der Waals surface area contributed by atoms with Crippen molar-refractivity contribution in [3.05, 3.63) is 53.6 Å². The van der Waals surface area contributed by atoms with E-state index in [0.29, 0.717) is 12.4 Å². The number of benzene rings is 2. The molecule has 0 aromatic heterocycles. The van der Waals surface area contributed by atoms with Gasteiger partial charge in [0.1, 0.15) is 11.5 Å². The normalized spacial score (nSPS) is 17.8. The summed E-state index contributed by atoms with van der Waals surface area (Å²) >= 11 is 0. The molecular formula is C18H20BNO4. The Morgan fingerprint density at radius 3 is 2.79 bits per heavy atom. The highest BCUT2D eigenvalue weighted by molar-refractivity contribution is 6.61. The predicted octanol–water partition coefficient (Wildman–Crippen LogP) is 1.53. The van der Waals surface area contributed by atoms with E-state index in [9.17, 15) is 5.02 Å². The Balaban J connectivity index is 1.47. The largest absolute Gasteiger partial charge is 0.491 e. The van der Waals surface area contributed by atoms with Crippen LogP contribution in [0.1, 0.15) is 11.1 Å². The van der Waals surface area contributed by atoms with Gasteiger partial charge in [-0.1, -0.05) is 18.2 Å². The van der Waals surface area contributed by atoms with Crippen molar-refractivity contribution in [2.75, 3.05) is 26.3 Å². The summed E-state index contributed by atoms with van der Waals surface area (Å²) in [4.78, 5) is 2.38. The van der Waals surface area contributed by atoms with Crippen LogP contribution < -0.4 is 10.2 Å². The molecule has 0 bridgehead atoms. The summed E-state index contributed by atoms with van der Waals surface area (Å²) in [6.07, 6.45) is 0. The third-order valence-electron chi connectivity index (χ3n) is 4.42. The van der Waals surface area contributed by atoms with Gasteiger partial charge in [0.2, 0.25) is 0 Å². The fourth-order valence-corrected chi connectivity index (χ4v) is 3.12. The molecule has 0 saturated carbocycles. The second-order valence-electron chi connectivity index (χ2n) is 6.16. The number of hydrogen-bond donors (Lipinski definition) is 1. The van der Waals surface area contributed by atoms with Gasteiger partial charge in [0, 0.05) is 19.6 Å². The van der Waals surface area contributed by atoms with Crippen molar-refractivity contribution < 1.29 is 19.2 Å². The van der Waals surface area contributed by atoms with Gasteiger partial charge in [0.15, 0.2) is 0 Å². The molecule has 1 N–H and O–H groups in total. The zero-order valence-corrected chi connectivity index (χ0v) is 13.5. The van der Waals surface area contributed by atoms with Crippen LogP contribution in [0.3, 0.4) is 0 Å². The van der Waals surface area contributed by atoms with E-state index in [-0.39, 0.29) is 0 Å². The highest BCUT2D eigenvalue weighted by Crippen LogP contribution is 2.24. The SMILES string of the molecule is OB1OCc2ccc(Oc3cccc(CN4CCOCC4)c3)cc21. The molecular weight excluding hydrogens is 305 g/mol. The third kappa shape index (κ3) is 3.47. The first kappa shape index (κ1) is 15.7. The summed E-state index contributed by atoms with van der Waals surface area (Å²) in [5, 5.41) is 9.80. The summed E-state index contributed by atoms with van der Waals surface area (Å²) in [6.45, 7) is 4.89. The molecule has 5 nitrogen and oxygen atoms in total. The van der Waals surface area contributed by atoms with Crippen molar-refractivity contribution in [1.82, 2.24) is 4.90 Å². The van der Waals surface area contributed by atoms with E-state index in [2.05, 4.69) is 17.0 Å². The van der Waals surface area contributed by atoms with E-state index in [4.69, 9.17) is 14.1 Å². The first-order valence-electron chi connectivity index (χ1n) is 8.27. The van der Waals surface area contributed by atoms with Gasteiger partial charge in [-0.05, 0) is 40.9 Å². The summed E-state index contributed by atoms with van der Waals surface area (Å²) in [7, 11) is -0.851. The van der Waals surface area contributed by atoms with Crippen molar-refractivity contribution in [2.24, 2.45) is 0 Å². The maximum absolute atomic E-state index is 9.80. The van der Waals surface area contributed by atoms with Crippen LogP contribution in [0.5, 0.6) is 11.5 Å². The Kier molecular flexibility index (Phi) is 4.53. The summed E-state index contributed by atoms with van der Waals surface area (Å²) < 4.78 is 16.6. The standard InChI is InChI=1S/C18H20BNO4/c21-19-18-11-17(5-4-15(18)13-23-19)24-16-3-1-2-14(10-16)12-20-6-8-22-9-7-20/h1-5,10-11,21H,6-9,12-13H2. The first-order chi connectivity index (χ1) is 11.8. The van der Waals surface area contributed by atoms with Gasteiger partial charge in [-0.15, -0.1) is 0 Å². The predicted molar refractivity (Wildman–Crippen MR) is 91.4 cm³/mol. The number of hydrogen-bond acceptors (Lipinski definition) is 5. The Bertz CT molecular complexity index is 718. The highest BCUT2D eigenvalue weighted by Gasteiger charge is 2.27. The van der Waals surface area contributed by atoms with Gasteiger partial charge in [-0.3, -0.25) is 4.90 Å². The molecule has 1 saturated heterocycles. The lowest BCUT2D eigenvalue weighted by Gasteiger charge is -2.26. The molecule has 2 aromatic rings. The number of rotatable bonds is 4. The smallest absolute Gasteiger partial charge is 0.457 e. The second kappa shape index (κ2) is 6.95. The van der Waals surface area contributed by atoms with Gasteiger partial charge >= 0.3 is 7.12 Å². The lowest BCUT2D eigenvalue weighted by atomic mass is 9.79. The van der Waals surface area contributed by atoms with Crippen molar-refractivity contribution in [1.29, 1.82) is 0 Å². The van der Waals surface area contributed by atoms with Crippen molar-refractivity contribution in [3.63, 3.8) is 0 Å². The number of nitrogens with zero attached hydrogens (tertiary/aromatic N) is 1. The highest BCUT2D eigenvalue weighted by atomic mass is 16.5. The maximum atomic E-state index is 9.80. The van der Waals surface area contributed by atoms with E-state index >= 15 is 0 Å². The van der Waals surface area contributed by atoms with E-state index in [0.717, 1.165) is 49.6 Å². The quantitative estimate of drug-likeness (QED) is 0.864. The summed E-state index contributed by atoms with van der Waals surface area (Å²) in [5.41, 5.74) is 3.02. The van der Waals surface area contributed by atoms with Crippen LogP contribution >= 0.6 is 0 Å². The van der Waals surface area contributed by atoms with Crippen molar-refractivity contribution in [2.45, 2.75) is 13.2 Å². The molecule has 2 aromatic carbocycles. The number of ether oxygens (including phenoxy) is 2. The number of morpholine rings is 1. The zero-order chi connectivity index (χ0) is 16.4. The second-order valence-corrected chi connectivity index (χ2v) is 6.16. The molecule has 0 atom stereocenters. The first-order valence-corrected chi connectivity index (χ1v) is 8.27. The maximum Gasteiger partial charge on any atom is 0.491 e. The molecule has 2 aliphatic rings. The van der Waals surface area contributed by atoms with E-state index < -0.39 is 7.12 Å². The third-order valence-corrected chi connectivity index (χ3v) is 4.42. The Morgan fingerprint density at radius 2 is 1.92 bits per heavy atom. The van der Waals surface area contributed by atoms with Crippen LogP contribution in [0.4, 0.5) is 0 Å². The molecule has 0 aliphatic carbocycles. The van der Waals surface area contributed by atoms with Gasteiger partial charge in [0.25, 0.3) is 0 Å². The van der Waals surface area contributed by atoms with Gasteiger partial charge in [-0.2, -0.15) is 0 Å². The minimum Gasteiger partial charge on any atom is -0.457 e. The molecule has 4 rings (SSSR count). The lowest BCUT2D eigenvalue weighted by Crippen LogP contribution is -2.35. The Morgan fingerprint density at radius 1 is 1.08 bits per heavy atom. The van der Waals surface area contributed by atoms with E-state index in [1.54, 1.807) is 0 Å². The molecule has 24 heavy (non-hydrogen) atoms. The average Bonchev–Trinajstić information content (AvgIpc) is 2.97. The van der Waals surface area contributed by atoms with Crippen LogP contribution in [0.25, 0.3) is 0 Å². The molecule has 0 spiro atoms. The minimum absolute atomic E-state index is 0.450. The Labute approximate surface area is 141 Å². The molecule has 1 fully saturated rings. The molecule has 6 heteroatoms. The monoisotopic (exact) mass is 325 g/mol. The summed E-state index contributed by atoms with van der Waals surface area (Å²) in [5.74, 6) is 1.51. The molecule has 0 amide bonds. The molecule has 124 valence electrons. The van der Waals surface area contributed by atoms with Gasteiger partial charge in [-0.25, -0.2) is 0 Å². The minimum atomic E-state index is -0.851. The van der Waals surface area contributed by atoms with Crippen LogP contribution in [-0.2, 0) is 22.5 Å². The van der Waals surface area contributed by atoms with E-state index in [1.807, 2.05) is 30.3 Å². The summed E-state index contributed by atoms with van der Waals surface area (Å²) in [6, 6.07) is 13.8. The molecule has 2 heterocycles. The molecule has 0 unspecified atom stereocenters.